The van der Waals surface area contributed by atoms with Crippen molar-refractivity contribution in [2.45, 2.75) is 0 Å². The molecule has 2 heterocycles. The van der Waals surface area contributed by atoms with Gasteiger partial charge in [-0.2, -0.15) is 0 Å². The van der Waals surface area contributed by atoms with Crippen molar-refractivity contribution in [2.75, 3.05) is 26.6 Å². The van der Waals surface area contributed by atoms with Crippen LogP contribution in [0, 0.1) is 0 Å². The molecule has 0 aliphatic carbocycles. The summed E-state index contributed by atoms with van der Waals surface area (Å²) in [6, 6.07) is 6.86. The topological polar surface area (TPSA) is 85.5 Å². The quantitative estimate of drug-likeness (QED) is 0.752. The summed E-state index contributed by atoms with van der Waals surface area (Å²) in [5.41, 5.74) is 1.67. The number of pyridine rings is 1. The van der Waals surface area contributed by atoms with Crippen LogP contribution in [0.1, 0.15) is 10.5 Å². The maximum absolute atomic E-state index is 12.5. The molecular formula is C17H17N3O4. The average Bonchev–Trinajstić information content (AvgIpc) is 3.06. The molecule has 0 spiro atoms. The lowest BCUT2D eigenvalue weighted by Gasteiger charge is -2.11. The summed E-state index contributed by atoms with van der Waals surface area (Å²) in [6.45, 7) is 0. The van der Waals surface area contributed by atoms with Gasteiger partial charge in [0.1, 0.15) is 11.4 Å². The van der Waals surface area contributed by atoms with Crippen LogP contribution in [0.25, 0.3) is 10.9 Å². The van der Waals surface area contributed by atoms with Gasteiger partial charge in [0.15, 0.2) is 11.5 Å². The minimum atomic E-state index is -0.277. The second-order valence-electron chi connectivity index (χ2n) is 4.98. The highest BCUT2D eigenvalue weighted by molar-refractivity contribution is 6.07. The summed E-state index contributed by atoms with van der Waals surface area (Å²) in [5.74, 6) is 1.34. The normalized spacial score (nSPS) is 10.5. The summed E-state index contributed by atoms with van der Waals surface area (Å²) in [6.07, 6.45) is 3.22. The molecule has 7 nitrogen and oxygen atoms in total. The Labute approximate surface area is 138 Å². The lowest BCUT2D eigenvalue weighted by Crippen LogP contribution is -2.12. The van der Waals surface area contributed by atoms with Crippen LogP contribution in [-0.2, 0) is 0 Å². The van der Waals surface area contributed by atoms with E-state index < -0.39 is 0 Å². The number of anilines is 1. The second-order valence-corrected chi connectivity index (χ2v) is 4.98. The Kier molecular flexibility index (Phi) is 4.24. The first-order valence-electron chi connectivity index (χ1n) is 7.21. The largest absolute Gasteiger partial charge is 0.496 e. The zero-order valence-electron chi connectivity index (χ0n) is 13.5. The summed E-state index contributed by atoms with van der Waals surface area (Å²) in [4.78, 5) is 19.5. The number of rotatable bonds is 5. The molecule has 0 radical (unpaired) electrons. The zero-order chi connectivity index (χ0) is 17.1. The van der Waals surface area contributed by atoms with E-state index >= 15 is 0 Å². The molecule has 0 bridgehead atoms. The number of hydrogen-bond donors (Lipinski definition) is 2. The van der Waals surface area contributed by atoms with Gasteiger partial charge in [-0.3, -0.25) is 9.78 Å². The number of aromatic nitrogens is 2. The molecular weight excluding hydrogens is 310 g/mol. The predicted molar refractivity (Wildman–Crippen MR) is 90.1 cm³/mol. The number of amides is 1. The van der Waals surface area contributed by atoms with Gasteiger partial charge < -0.3 is 24.5 Å². The third-order valence-corrected chi connectivity index (χ3v) is 3.62. The SMILES string of the molecule is COc1cc(OC)c2cc(C(=O)Nc3ccncc3)[nH]c2c1OC. The minimum absolute atomic E-state index is 0.277. The van der Waals surface area contributed by atoms with Crippen molar-refractivity contribution in [3.63, 3.8) is 0 Å². The Morgan fingerprint density at radius 3 is 2.38 bits per heavy atom. The lowest BCUT2D eigenvalue weighted by molar-refractivity contribution is 0.102. The van der Waals surface area contributed by atoms with Crippen LogP contribution in [0.5, 0.6) is 17.2 Å². The highest BCUT2D eigenvalue weighted by Gasteiger charge is 2.19. The van der Waals surface area contributed by atoms with Gasteiger partial charge >= 0.3 is 0 Å². The molecule has 0 saturated heterocycles. The molecule has 24 heavy (non-hydrogen) atoms. The van der Waals surface area contributed by atoms with Crippen LogP contribution in [0.3, 0.4) is 0 Å². The molecule has 1 amide bonds. The third-order valence-electron chi connectivity index (χ3n) is 3.62. The van der Waals surface area contributed by atoms with Crippen LogP contribution >= 0.6 is 0 Å². The molecule has 0 aliphatic heterocycles. The first-order chi connectivity index (χ1) is 11.7. The number of nitrogens with one attached hydrogen (secondary N) is 2. The van der Waals surface area contributed by atoms with Gasteiger partial charge in [0.2, 0.25) is 0 Å². The second kappa shape index (κ2) is 6.49. The molecule has 0 unspecified atom stereocenters. The van der Waals surface area contributed by atoms with Crippen LogP contribution in [-0.4, -0.2) is 37.2 Å². The number of carbonyl (C=O) groups excluding carboxylic acids is 1. The summed E-state index contributed by atoms with van der Waals surface area (Å²) >= 11 is 0. The maximum Gasteiger partial charge on any atom is 0.272 e. The van der Waals surface area contributed by atoms with Gasteiger partial charge in [0, 0.05) is 29.5 Å². The van der Waals surface area contributed by atoms with Crippen LogP contribution in [0.2, 0.25) is 0 Å². The highest BCUT2D eigenvalue weighted by Crippen LogP contribution is 2.41. The maximum atomic E-state index is 12.5. The van der Waals surface area contributed by atoms with E-state index in [2.05, 4.69) is 15.3 Å². The van der Waals surface area contributed by atoms with Crippen molar-refractivity contribution >= 4 is 22.5 Å². The fraction of sp³-hybridized carbons (Fsp3) is 0.176. The molecule has 0 atom stereocenters. The van der Waals surface area contributed by atoms with E-state index in [0.717, 1.165) is 5.39 Å². The van der Waals surface area contributed by atoms with Gasteiger partial charge in [0.05, 0.1) is 26.8 Å². The average molecular weight is 327 g/mol. The Bertz CT molecular complexity index is 874. The van der Waals surface area contributed by atoms with Crippen LogP contribution < -0.4 is 19.5 Å². The number of benzene rings is 1. The number of methoxy groups -OCH3 is 3. The van der Waals surface area contributed by atoms with Gasteiger partial charge in [-0.05, 0) is 18.2 Å². The molecule has 3 rings (SSSR count). The number of nitrogens with zero attached hydrogens (tertiary/aromatic N) is 1. The molecule has 0 fully saturated rings. The molecule has 1 aromatic carbocycles. The van der Waals surface area contributed by atoms with Crippen molar-refractivity contribution in [1.82, 2.24) is 9.97 Å². The summed E-state index contributed by atoms with van der Waals surface area (Å²) in [5, 5.41) is 3.53. The van der Waals surface area contributed by atoms with E-state index in [4.69, 9.17) is 14.2 Å². The van der Waals surface area contributed by atoms with Crippen molar-refractivity contribution in [3.05, 3.63) is 42.4 Å². The standard InChI is InChI=1S/C17H17N3O4/c1-22-13-9-14(23-2)16(24-3)15-11(13)8-12(20-15)17(21)19-10-4-6-18-7-5-10/h4-9,20H,1-3H3,(H,18,19,21). The molecule has 2 aromatic heterocycles. The van der Waals surface area contributed by atoms with E-state index in [0.29, 0.717) is 34.1 Å². The summed E-state index contributed by atoms with van der Waals surface area (Å²) < 4.78 is 16.1. The summed E-state index contributed by atoms with van der Waals surface area (Å²) in [7, 11) is 4.65. The number of ether oxygens (including phenoxy) is 3. The Hall–Kier alpha value is -3.22. The molecule has 2 N–H and O–H groups in total. The Balaban J connectivity index is 2.05. The van der Waals surface area contributed by atoms with Crippen molar-refractivity contribution in [3.8, 4) is 17.2 Å². The number of fused-ring (bicyclic) bond motifs is 1. The minimum Gasteiger partial charge on any atom is -0.496 e. The van der Waals surface area contributed by atoms with E-state index in [1.165, 1.54) is 0 Å². The molecule has 7 heteroatoms. The molecule has 0 saturated carbocycles. The van der Waals surface area contributed by atoms with E-state index in [1.54, 1.807) is 58.0 Å². The van der Waals surface area contributed by atoms with E-state index in [9.17, 15) is 4.79 Å². The zero-order valence-corrected chi connectivity index (χ0v) is 13.5. The Morgan fingerprint density at radius 2 is 1.75 bits per heavy atom. The first kappa shape index (κ1) is 15.7. The van der Waals surface area contributed by atoms with Crippen LogP contribution in [0.4, 0.5) is 5.69 Å². The van der Waals surface area contributed by atoms with Gasteiger partial charge in [0.25, 0.3) is 5.91 Å². The van der Waals surface area contributed by atoms with Crippen molar-refractivity contribution < 1.29 is 19.0 Å². The number of H-pyrrole nitrogens is 1. The van der Waals surface area contributed by atoms with Gasteiger partial charge in [-0.25, -0.2) is 0 Å². The Morgan fingerprint density at radius 1 is 1.04 bits per heavy atom. The number of aromatic amines is 1. The first-order valence-corrected chi connectivity index (χ1v) is 7.21. The highest BCUT2D eigenvalue weighted by atomic mass is 16.5. The van der Waals surface area contributed by atoms with E-state index in [-0.39, 0.29) is 5.91 Å². The third kappa shape index (κ3) is 2.71. The van der Waals surface area contributed by atoms with Gasteiger partial charge in [-0.15, -0.1) is 0 Å². The molecule has 0 aliphatic rings. The molecule has 124 valence electrons. The fourth-order valence-corrected chi connectivity index (χ4v) is 2.49. The monoisotopic (exact) mass is 327 g/mol. The molecule has 3 aromatic rings. The van der Waals surface area contributed by atoms with Gasteiger partial charge in [-0.1, -0.05) is 0 Å². The fourth-order valence-electron chi connectivity index (χ4n) is 2.49. The van der Waals surface area contributed by atoms with E-state index in [1.807, 2.05) is 0 Å². The van der Waals surface area contributed by atoms with Crippen molar-refractivity contribution in [1.29, 1.82) is 0 Å². The number of hydrogen-bond acceptors (Lipinski definition) is 5. The predicted octanol–water partition coefficient (Wildman–Crippen LogP) is 2.84. The lowest BCUT2D eigenvalue weighted by atomic mass is 10.2. The van der Waals surface area contributed by atoms with Crippen LogP contribution in [0.15, 0.2) is 36.7 Å². The smallest absolute Gasteiger partial charge is 0.272 e. The van der Waals surface area contributed by atoms with Crippen molar-refractivity contribution in [2.24, 2.45) is 0 Å². The number of carbonyl (C=O) groups is 1.